The third-order valence-corrected chi connectivity index (χ3v) is 15.7. The van der Waals surface area contributed by atoms with Gasteiger partial charge in [-0.25, -0.2) is 0 Å². The first kappa shape index (κ1) is 73.1. The Hall–Kier alpha value is -1.88. The van der Waals surface area contributed by atoms with Gasteiger partial charge in [-0.15, -0.1) is 0 Å². The number of esters is 2. The first-order valence-corrected chi connectivity index (χ1v) is 34.0. The molecule has 0 rings (SSSR count). The van der Waals surface area contributed by atoms with Gasteiger partial charge in [-0.2, -0.15) is 0 Å². The van der Waals surface area contributed by atoms with Gasteiger partial charge >= 0.3 is 11.9 Å². The van der Waals surface area contributed by atoms with Crippen LogP contribution in [0.15, 0.2) is 36.5 Å². The molecule has 0 aliphatic heterocycles. The van der Waals surface area contributed by atoms with Crippen molar-refractivity contribution in [2.45, 2.75) is 386 Å². The second kappa shape index (κ2) is 66.4. The van der Waals surface area contributed by atoms with Crippen LogP contribution >= 0.6 is 0 Å². The van der Waals surface area contributed by atoms with E-state index >= 15 is 0 Å². The fourth-order valence-corrected chi connectivity index (χ4v) is 10.6. The van der Waals surface area contributed by atoms with Crippen LogP contribution in [0.25, 0.3) is 0 Å². The minimum atomic E-state index is -0.768. The molecule has 0 bridgehead atoms. The number of aliphatic hydroxyl groups is 1. The molecule has 0 aliphatic carbocycles. The third kappa shape index (κ3) is 64.5. The summed E-state index contributed by atoms with van der Waals surface area (Å²) in [5.41, 5.74) is 0. The Bertz CT molecular complexity index is 1190. The van der Waals surface area contributed by atoms with Crippen molar-refractivity contribution in [3.63, 3.8) is 0 Å². The van der Waals surface area contributed by atoms with Crippen LogP contribution in [0.2, 0.25) is 0 Å². The van der Waals surface area contributed by atoms with Gasteiger partial charge < -0.3 is 14.6 Å². The third-order valence-electron chi connectivity index (χ3n) is 15.7. The topological polar surface area (TPSA) is 72.8 Å². The van der Waals surface area contributed by atoms with Crippen molar-refractivity contribution in [3.05, 3.63) is 36.5 Å². The van der Waals surface area contributed by atoms with E-state index in [1.165, 1.54) is 308 Å². The molecule has 1 unspecified atom stereocenters. The number of hydrogen-bond donors (Lipinski definition) is 1. The number of unbranched alkanes of at least 4 members (excludes halogenated alkanes) is 50. The number of carbonyl (C=O) groups is 2. The maximum Gasteiger partial charge on any atom is 0.306 e. The highest BCUT2D eigenvalue weighted by Crippen LogP contribution is 2.19. The summed E-state index contributed by atoms with van der Waals surface area (Å²) in [5, 5.41) is 9.69. The molecule has 1 N–H and O–H groups in total. The molecule has 0 spiro atoms. The molecule has 75 heavy (non-hydrogen) atoms. The first-order chi connectivity index (χ1) is 37.1. The smallest absolute Gasteiger partial charge is 0.306 e. The van der Waals surface area contributed by atoms with Gasteiger partial charge in [0.1, 0.15) is 6.61 Å². The van der Waals surface area contributed by atoms with Crippen molar-refractivity contribution in [1.82, 2.24) is 0 Å². The molecule has 0 amide bonds. The highest BCUT2D eigenvalue weighted by Gasteiger charge is 2.16. The quantitative estimate of drug-likeness (QED) is 0.0373. The Labute approximate surface area is 469 Å². The van der Waals surface area contributed by atoms with Crippen molar-refractivity contribution < 1.29 is 24.2 Å². The normalized spacial score (nSPS) is 12.3. The lowest BCUT2D eigenvalue weighted by atomic mass is 10.0. The summed E-state index contributed by atoms with van der Waals surface area (Å²) in [6.45, 7) is 4.19. The van der Waals surface area contributed by atoms with E-state index in [0.717, 1.165) is 44.9 Å². The maximum atomic E-state index is 12.3. The molecule has 0 saturated carbocycles. The van der Waals surface area contributed by atoms with Crippen LogP contribution in [0, 0.1) is 0 Å². The van der Waals surface area contributed by atoms with E-state index in [2.05, 4.69) is 50.3 Å². The van der Waals surface area contributed by atoms with Crippen LogP contribution < -0.4 is 0 Å². The van der Waals surface area contributed by atoms with E-state index in [9.17, 15) is 14.7 Å². The highest BCUT2D eigenvalue weighted by molar-refractivity contribution is 5.70. The Morgan fingerprint density at radius 3 is 0.800 bits per heavy atom. The van der Waals surface area contributed by atoms with Crippen LogP contribution in [0.3, 0.4) is 0 Å². The van der Waals surface area contributed by atoms with Gasteiger partial charge in [-0.1, -0.05) is 352 Å². The Balaban J connectivity index is 3.38. The lowest BCUT2D eigenvalue weighted by Gasteiger charge is -2.15. The van der Waals surface area contributed by atoms with Crippen molar-refractivity contribution >= 4 is 11.9 Å². The zero-order valence-corrected chi connectivity index (χ0v) is 50.8. The molecule has 0 radical (unpaired) electrons. The van der Waals surface area contributed by atoms with Crippen LogP contribution in [-0.4, -0.2) is 36.4 Å². The second-order valence-corrected chi connectivity index (χ2v) is 23.3. The van der Waals surface area contributed by atoms with Gasteiger partial charge in [-0.3, -0.25) is 9.59 Å². The van der Waals surface area contributed by atoms with E-state index in [1.807, 2.05) is 0 Å². The number of carbonyl (C=O) groups excluding carboxylic acids is 2. The van der Waals surface area contributed by atoms with Crippen molar-refractivity contribution in [3.8, 4) is 0 Å². The molecule has 0 aromatic heterocycles. The highest BCUT2D eigenvalue weighted by atomic mass is 16.6. The van der Waals surface area contributed by atoms with Gasteiger partial charge in [-0.05, 0) is 51.4 Å². The molecule has 1 atom stereocenters. The number of aliphatic hydroxyl groups excluding tert-OH is 1. The molecule has 0 heterocycles. The lowest BCUT2D eigenvalue weighted by molar-refractivity contribution is -0.161. The van der Waals surface area contributed by atoms with E-state index in [4.69, 9.17) is 9.47 Å². The molecule has 0 fully saturated rings. The fourth-order valence-electron chi connectivity index (χ4n) is 10.6. The largest absolute Gasteiger partial charge is 0.462 e. The van der Waals surface area contributed by atoms with Crippen LogP contribution in [0.5, 0.6) is 0 Å². The van der Waals surface area contributed by atoms with Gasteiger partial charge in [0, 0.05) is 12.8 Å². The maximum absolute atomic E-state index is 12.3. The fraction of sp³-hybridized carbons (Fsp3) is 0.886. The summed E-state index contributed by atoms with van der Waals surface area (Å²) in [7, 11) is 0. The monoisotopic (exact) mass is 1050 g/mol. The summed E-state index contributed by atoms with van der Waals surface area (Å²) in [6, 6.07) is 0. The number of rotatable bonds is 64. The summed E-state index contributed by atoms with van der Waals surface area (Å²) >= 11 is 0. The predicted molar refractivity (Wildman–Crippen MR) is 330 cm³/mol. The Morgan fingerprint density at radius 1 is 0.307 bits per heavy atom. The predicted octanol–water partition coefficient (Wildman–Crippen LogP) is 23.4. The molecule has 0 aromatic rings. The van der Waals surface area contributed by atoms with Gasteiger partial charge in [0.2, 0.25) is 0 Å². The number of hydrogen-bond acceptors (Lipinski definition) is 5. The number of allylic oxidation sites excluding steroid dienone is 6. The average Bonchev–Trinajstić information content (AvgIpc) is 3.41. The SMILES string of the molecule is CCCCCCC/C=C\C/C=C\C/C=C\CCCCCCCCCCCCCCCCCCCCCCCCCCC(=O)OC(CO)COC(=O)CCCCCCCCCCCCCCCCCCCCCCCC. The van der Waals surface area contributed by atoms with E-state index in [1.54, 1.807) is 0 Å². The molecule has 5 nitrogen and oxygen atoms in total. The van der Waals surface area contributed by atoms with E-state index in [-0.39, 0.29) is 25.2 Å². The minimum Gasteiger partial charge on any atom is -0.462 e. The summed E-state index contributed by atoms with van der Waals surface area (Å²) in [4.78, 5) is 24.6. The molecule has 0 aliphatic rings. The van der Waals surface area contributed by atoms with Crippen LogP contribution in [-0.2, 0) is 19.1 Å². The van der Waals surface area contributed by atoms with Crippen molar-refractivity contribution in [2.24, 2.45) is 0 Å². The van der Waals surface area contributed by atoms with Crippen LogP contribution in [0.1, 0.15) is 380 Å². The standard InChI is InChI=1S/C70H132O5/c1-3-5-7-9-11-13-15-17-19-21-23-25-27-28-29-30-31-32-33-34-35-36-37-38-39-40-41-42-43-45-47-49-51-53-55-57-59-61-63-65-70(73)75-68(66-71)67-74-69(72)64-62-60-58-56-54-52-50-48-46-44-26-24-22-20-18-16-14-12-10-8-6-4-2/h15,17,21,23,27-28,68,71H,3-14,16,18-20,22,24-26,29-67H2,1-2H3/b17-15-,23-21-,28-27-. The van der Waals surface area contributed by atoms with E-state index in [0.29, 0.717) is 12.8 Å². The molecule has 0 saturated heterocycles. The molecule has 0 aromatic carbocycles. The number of ether oxygens (including phenoxy) is 2. The Kier molecular flexibility index (Phi) is 64.7. The molecular weight excluding hydrogens is 921 g/mol. The zero-order valence-electron chi connectivity index (χ0n) is 50.8. The van der Waals surface area contributed by atoms with Gasteiger partial charge in [0.05, 0.1) is 6.61 Å². The van der Waals surface area contributed by atoms with Gasteiger partial charge in [0.25, 0.3) is 0 Å². The first-order valence-electron chi connectivity index (χ1n) is 34.0. The van der Waals surface area contributed by atoms with E-state index < -0.39 is 6.10 Å². The lowest BCUT2D eigenvalue weighted by Crippen LogP contribution is -2.28. The van der Waals surface area contributed by atoms with Crippen molar-refractivity contribution in [1.29, 1.82) is 0 Å². The molecule has 442 valence electrons. The average molecular weight is 1050 g/mol. The zero-order chi connectivity index (χ0) is 54.1. The molecular formula is C70H132O5. The minimum absolute atomic E-state index is 0.0580. The molecule has 5 heteroatoms. The second-order valence-electron chi connectivity index (χ2n) is 23.3. The summed E-state index contributed by atoms with van der Waals surface area (Å²) in [6.07, 6.45) is 87.5. The Morgan fingerprint density at radius 2 is 0.533 bits per heavy atom. The summed E-state index contributed by atoms with van der Waals surface area (Å²) < 4.78 is 10.8. The summed E-state index contributed by atoms with van der Waals surface area (Å²) in [5.74, 6) is -0.565. The van der Waals surface area contributed by atoms with Gasteiger partial charge in [0.15, 0.2) is 6.10 Å². The van der Waals surface area contributed by atoms with Crippen molar-refractivity contribution in [2.75, 3.05) is 13.2 Å². The van der Waals surface area contributed by atoms with Crippen LogP contribution in [0.4, 0.5) is 0 Å².